The summed E-state index contributed by atoms with van der Waals surface area (Å²) in [6.45, 7) is 5.77. The number of carbonyl (C=O) groups excluding carboxylic acids is 1. The number of amides is 1. The number of rotatable bonds is 8. The van der Waals surface area contributed by atoms with Crippen LogP contribution in [0.5, 0.6) is 0 Å². The second-order valence-electron chi connectivity index (χ2n) is 10.8. The average molecular weight is 549 g/mol. The van der Waals surface area contributed by atoms with Gasteiger partial charge in [-0.1, -0.05) is 29.7 Å². The lowest BCUT2D eigenvalue weighted by molar-refractivity contribution is -0.129. The fourth-order valence-electron chi connectivity index (χ4n) is 5.52. The van der Waals surface area contributed by atoms with E-state index >= 15 is 0 Å². The molecule has 1 aliphatic heterocycles. The van der Waals surface area contributed by atoms with Crippen molar-refractivity contribution in [1.29, 1.82) is 0 Å². The molecular weight excluding hydrogens is 511 g/mol. The number of carbonyl (C=O) groups is 1. The largest absolute Gasteiger partial charge is 0.354 e. The molecule has 11 heteroatoms. The van der Waals surface area contributed by atoms with Gasteiger partial charge >= 0.3 is 0 Å². The molecule has 1 aromatic heterocycles. The van der Waals surface area contributed by atoms with Gasteiger partial charge in [0.1, 0.15) is 13.7 Å². The minimum absolute atomic E-state index is 0.114. The third-order valence-electron chi connectivity index (χ3n) is 8.02. The zero-order chi connectivity index (χ0) is 27.4. The number of sulfonamides is 1. The first-order valence-electron chi connectivity index (χ1n) is 13.9. The molecule has 3 aromatic rings. The standard InChI is InChI=1S/C28H37BN6O3S/c1-20(36)34-14-16-35(17-15-34)27-25-4-2-3-5-26(25)32-28(33-27)30-18-21-6-8-22(9-7-21)19-31-39(37,38)24-12-10-23(29)11-13-24/h2-5,10-13,21-22,31H,6-9,14-19,29H2,1H3,(H,30,32,33). The monoisotopic (exact) mass is 548 g/mol. The zero-order valence-electron chi connectivity index (χ0n) is 22.8. The van der Waals surface area contributed by atoms with Gasteiger partial charge in [-0.05, 0) is 61.8 Å². The Morgan fingerprint density at radius 2 is 1.56 bits per heavy atom. The summed E-state index contributed by atoms with van der Waals surface area (Å²) in [6.07, 6.45) is 4.06. The number of anilines is 2. The Bertz CT molecular complexity index is 1400. The molecule has 0 spiro atoms. The predicted octanol–water partition coefficient (Wildman–Crippen LogP) is 1.75. The maximum Gasteiger partial charge on any atom is 0.240 e. The van der Waals surface area contributed by atoms with E-state index in [4.69, 9.17) is 9.97 Å². The lowest BCUT2D eigenvalue weighted by Crippen LogP contribution is -2.48. The third kappa shape index (κ3) is 6.70. The quantitative estimate of drug-likeness (QED) is 0.413. The third-order valence-corrected chi connectivity index (χ3v) is 9.46. The van der Waals surface area contributed by atoms with Crippen LogP contribution in [-0.2, 0) is 14.8 Å². The Kier molecular flexibility index (Phi) is 8.37. The molecular formula is C28H37BN6O3S. The minimum atomic E-state index is -3.48. The maximum absolute atomic E-state index is 12.6. The van der Waals surface area contributed by atoms with E-state index < -0.39 is 10.0 Å². The molecule has 39 heavy (non-hydrogen) atoms. The molecule has 1 amide bonds. The Balaban J connectivity index is 1.15. The van der Waals surface area contributed by atoms with Crippen LogP contribution in [0, 0.1) is 11.8 Å². The molecule has 2 aromatic carbocycles. The smallest absolute Gasteiger partial charge is 0.240 e. The van der Waals surface area contributed by atoms with Crippen LogP contribution in [0.25, 0.3) is 10.9 Å². The Morgan fingerprint density at radius 3 is 2.23 bits per heavy atom. The van der Waals surface area contributed by atoms with Crippen molar-refractivity contribution in [3.63, 3.8) is 0 Å². The van der Waals surface area contributed by atoms with E-state index in [0.717, 1.165) is 67.5 Å². The number of para-hydroxylation sites is 1. The van der Waals surface area contributed by atoms with Crippen LogP contribution in [0.15, 0.2) is 53.4 Å². The van der Waals surface area contributed by atoms with Crippen molar-refractivity contribution in [2.24, 2.45) is 11.8 Å². The van der Waals surface area contributed by atoms with Gasteiger partial charge in [0, 0.05) is 51.6 Å². The van der Waals surface area contributed by atoms with E-state index in [-0.39, 0.29) is 5.91 Å². The van der Waals surface area contributed by atoms with Crippen molar-refractivity contribution in [3.8, 4) is 0 Å². The number of aromatic nitrogens is 2. The van der Waals surface area contributed by atoms with Gasteiger partial charge in [0.25, 0.3) is 0 Å². The van der Waals surface area contributed by atoms with Crippen molar-refractivity contribution < 1.29 is 13.2 Å². The number of hydrogen-bond acceptors (Lipinski definition) is 7. The van der Waals surface area contributed by atoms with E-state index in [1.165, 1.54) is 0 Å². The van der Waals surface area contributed by atoms with Gasteiger partial charge in [-0.25, -0.2) is 18.1 Å². The van der Waals surface area contributed by atoms with Crippen LogP contribution in [0.4, 0.5) is 11.8 Å². The summed E-state index contributed by atoms with van der Waals surface area (Å²) in [4.78, 5) is 25.9. The highest BCUT2D eigenvalue weighted by Gasteiger charge is 2.25. The van der Waals surface area contributed by atoms with Crippen molar-refractivity contribution in [2.45, 2.75) is 37.5 Å². The van der Waals surface area contributed by atoms with Crippen molar-refractivity contribution in [3.05, 3.63) is 48.5 Å². The molecule has 2 aliphatic rings. The number of benzene rings is 2. The fraction of sp³-hybridized carbons (Fsp3) is 0.464. The molecule has 1 aliphatic carbocycles. The van der Waals surface area contributed by atoms with Gasteiger partial charge in [0.05, 0.1) is 10.4 Å². The molecule has 0 bridgehead atoms. The Labute approximate surface area is 231 Å². The van der Waals surface area contributed by atoms with Crippen molar-refractivity contribution in [1.82, 2.24) is 19.6 Å². The van der Waals surface area contributed by atoms with E-state index in [9.17, 15) is 13.2 Å². The first-order chi connectivity index (χ1) is 18.8. The SMILES string of the molecule is Bc1ccc(S(=O)(=O)NCC2CCC(CNc3nc(N4CCN(C(C)=O)CC4)c4ccccc4n3)CC2)cc1. The molecule has 5 rings (SSSR count). The molecule has 1 saturated carbocycles. The summed E-state index contributed by atoms with van der Waals surface area (Å²) in [5.74, 6) is 2.50. The number of hydrogen-bond donors (Lipinski definition) is 2. The first-order valence-corrected chi connectivity index (χ1v) is 15.3. The summed E-state index contributed by atoms with van der Waals surface area (Å²) in [7, 11) is -1.53. The van der Waals surface area contributed by atoms with Crippen LogP contribution >= 0.6 is 0 Å². The summed E-state index contributed by atoms with van der Waals surface area (Å²) >= 11 is 0. The number of nitrogens with zero attached hydrogens (tertiary/aromatic N) is 4. The summed E-state index contributed by atoms with van der Waals surface area (Å²) in [5.41, 5.74) is 1.95. The number of fused-ring (bicyclic) bond motifs is 1. The lowest BCUT2D eigenvalue weighted by atomic mass is 9.82. The molecule has 0 unspecified atom stereocenters. The van der Waals surface area contributed by atoms with Crippen LogP contribution in [0.1, 0.15) is 32.6 Å². The van der Waals surface area contributed by atoms with Crippen LogP contribution in [0.3, 0.4) is 0 Å². The topological polar surface area (TPSA) is 108 Å². The normalized spacial score (nSPS) is 20.2. The predicted molar refractivity (Wildman–Crippen MR) is 158 cm³/mol. The molecule has 2 heterocycles. The highest BCUT2D eigenvalue weighted by molar-refractivity contribution is 7.89. The van der Waals surface area contributed by atoms with Gasteiger partial charge in [-0.15, -0.1) is 0 Å². The minimum Gasteiger partial charge on any atom is -0.354 e. The van der Waals surface area contributed by atoms with E-state index in [2.05, 4.69) is 21.0 Å². The Hall–Kier alpha value is -3.18. The number of nitrogens with one attached hydrogen (secondary N) is 2. The summed E-state index contributed by atoms with van der Waals surface area (Å²) in [5, 5.41) is 4.51. The van der Waals surface area contributed by atoms with E-state index in [0.29, 0.717) is 42.3 Å². The first kappa shape index (κ1) is 27.4. The summed E-state index contributed by atoms with van der Waals surface area (Å²) in [6, 6.07) is 15.0. The van der Waals surface area contributed by atoms with Crippen LogP contribution in [0.2, 0.25) is 0 Å². The van der Waals surface area contributed by atoms with Gasteiger partial charge < -0.3 is 15.1 Å². The molecule has 0 atom stereocenters. The van der Waals surface area contributed by atoms with Gasteiger partial charge in [0.15, 0.2) is 0 Å². The van der Waals surface area contributed by atoms with Gasteiger partial charge in [-0.3, -0.25) is 4.79 Å². The van der Waals surface area contributed by atoms with Crippen molar-refractivity contribution >= 4 is 51.9 Å². The lowest BCUT2D eigenvalue weighted by Gasteiger charge is -2.35. The maximum atomic E-state index is 12.6. The van der Waals surface area contributed by atoms with E-state index in [1.807, 2.05) is 43.1 Å². The summed E-state index contributed by atoms with van der Waals surface area (Å²) < 4.78 is 28.1. The second-order valence-corrected chi connectivity index (χ2v) is 12.6. The molecule has 1 saturated heterocycles. The van der Waals surface area contributed by atoms with Crippen molar-refractivity contribution in [2.75, 3.05) is 49.5 Å². The highest BCUT2D eigenvalue weighted by Crippen LogP contribution is 2.30. The molecule has 206 valence electrons. The molecule has 9 nitrogen and oxygen atoms in total. The number of piperazine rings is 1. The molecule has 2 fully saturated rings. The van der Waals surface area contributed by atoms with E-state index in [1.54, 1.807) is 19.1 Å². The average Bonchev–Trinajstić information content (AvgIpc) is 2.95. The second kappa shape index (κ2) is 11.9. The molecule has 2 N–H and O–H groups in total. The van der Waals surface area contributed by atoms with Crippen LogP contribution < -0.4 is 20.4 Å². The fourth-order valence-corrected chi connectivity index (χ4v) is 6.63. The van der Waals surface area contributed by atoms with Crippen LogP contribution in [-0.4, -0.2) is 76.3 Å². The van der Waals surface area contributed by atoms with Gasteiger partial charge in [-0.2, -0.15) is 4.98 Å². The highest BCUT2D eigenvalue weighted by atomic mass is 32.2. The molecule has 0 radical (unpaired) electrons. The zero-order valence-corrected chi connectivity index (χ0v) is 23.6. The van der Waals surface area contributed by atoms with Gasteiger partial charge in [0.2, 0.25) is 21.9 Å². The Morgan fingerprint density at radius 1 is 0.923 bits per heavy atom.